The first-order chi connectivity index (χ1) is 13.8. The van der Waals surface area contributed by atoms with E-state index in [1.807, 2.05) is 0 Å². The SMILES string of the molecule is CCCC[C@@H](CC)CNC(=O)CSC1=N/C(=C/c2ccc(Cl)cc2Cl)C(=O)N1C. The van der Waals surface area contributed by atoms with Crippen molar-refractivity contribution in [3.8, 4) is 0 Å². The van der Waals surface area contributed by atoms with Gasteiger partial charge in [0, 0.05) is 23.6 Å². The van der Waals surface area contributed by atoms with Gasteiger partial charge in [-0.25, -0.2) is 4.99 Å². The summed E-state index contributed by atoms with van der Waals surface area (Å²) in [5.41, 5.74) is 0.948. The molecule has 5 nitrogen and oxygen atoms in total. The third-order valence-corrected chi connectivity index (χ3v) is 6.34. The highest BCUT2D eigenvalue weighted by atomic mass is 35.5. The van der Waals surface area contributed by atoms with Crippen molar-refractivity contribution in [3.63, 3.8) is 0 Å². The molecule has 29 heavy (non-hydrogen) atoms. The average molecular weight is 456 g/mol. The van der Waals surface area contributed by atoms with Crippen LogP contribution in [0.2, 0.25) is 10.0 Å². The smallest absolute Gasteiger partial charge is 0.278 e. The Morgan fingerprint density at radius 2 is 2.10 bits per heavy atom. The molecule has 8 heteroatoms. The van der Waals surface area contributed by atoms with Crippen molar-refractivity contribution in [3.05, 3.63) is 39.5 Å². The zero-order valence-corrected chi connectivity index (χ0v) is 19.3. The minimum atomic E-state index is -0.232. The van der Waals surface area contributed by atoms with E-state index in [-0.39, 0.29) is 23.3 Å². The molecule has 0 aromatic heterocycles. The third-order valence-electron chi connectivity index (χ3n) is 4.75. The summed E-state index contributed by atoms with van der Waals surface area (Å²) in [5, 5.41) is 4.47. The van der Waals surface area contributed by atoms with Gasteiger partial charge in [-0.3, -0.25) is 14.5 Å². The van der Waals surface area contributed by atoms with E-state index in [1.165, 1.54) is 23.1 Å². The Labute approximate surface area is 186 Å². The van der Waals surface area contributed by atoms with Crippen molar-refractivity contribution in [2.24, 2.45) is 10.9 Å². The minimum Gasteiger partial charge on any atom is -0.355 e. The van der Waals surface area contributed by atoms with Crippen LogP contribution in [0.15, 0.2) is 28.9 Å². The number of likely N-dealkylation sites (N-methyl/N-ethyl adjacent to an activating group) is 1. The number of unbranched alkanes of at least 4 members (excludes halogenated alkanes) is 1. The molecule has 0 unspecified atom stereocenters. The first-order valence-corrected chi connectivity index (χ1v) is 11.5. The van der Waals surface area contributed by atoms with Crippen LogP contribution in [0.3, 0.4) is 0 Å². The molecule has 2 rings (SSSR count). The number of rotatable bonds is 9. The lowest BCUT2D eigenvalue weighted by Gasteiger charge is -2.15. The first-order valence-electron chi connectivity index (χ1n) is 9.78. The maximum atomic E-state index is 12.5. The number of nitrogens with zero attached hydrogens (tertiary/aromatic N) is 2. The standard InChI is InChI=1S/C21H27Cl2N3O2S/c1-4-6-7-14(5-2)12-24-19(27)13-29-21-25-18(20(28)26(21)3)10-15-8-9-16(22)11-17(15)23/h8-11,14H,4-7,12-13H2,1-3H3,(H,24,27)/b18-10+/t14-/m1/s1. The number of hydrogen-bond donors (Lipinski definition) is 1. The van der Waals surface area contributed by atoms with Gasteiger partial charge in [0.2, 0.25) is 5.91 Å². The molecule has 1 heterocycles. The van der Waals surface area contributed by atoms with E-state index in [0.29, 0.717) is 33.2 Å². The van der Waals surface area contributed by atoms with Crippen molar-refractivity contribution in [1.82, 2.24) is 10.2 Å². The maximum absolute atomic E-state index is 12.5. The van der Waals surface area contributed by atoms with Gasteiger partial charge in [-0.2, -0.15) is 0 Å². The van der Waals surface area contributed by atoms with Crippen molar-refractivity contribution in [1.29, 1.82) is 0 Å². The van der Waals surface area contributed by atoms with E-state index >= 15 is 0 Å². The number of benzene rings is 1. The van der Waals surface area contributed by atoms with E-state index in [0.717, 1.165) is 19.3 Å². The summed E-state index contributed by atoms with van der Waals surface area (Å²) in [6.07, 6.45) is 6.16. The van der Waals surface area contributed by atoms with Gasteiger partial charge >= 0.3 is 0 Å². The fourth-order valence-corrected chi connectivity index (χ4v) is 4.12. The van der Waals surface area contributed by atoms with E-state index < -0.39 is 0 Å². The van der Waals surface area contributed by atoms with Crippen molar-refractivity contribution in [2.75, 3.05) is 19.3 Å². The number of aliphatic imine (C=N–C) groups is 1. The monoisotopic (exact) mass is 455 g/mol. The molecule has 1 aliphatic rings. The van der Waals surface area contributed by atoms with Crippen LogP contribution >= 0.6 is 35.0 Å². The van der Waals surface area contributed by atoms with Gasteiger partial charge in [-0.05, 0) is 36.1 Å². The number of amidine groups is 1. The summed E-state index contributed by atoms with van der Waals surface area (Å²) < 4.78 is 0. The number of nitrogens with one attached hydrogen (secondary N) is 1. The lowest BCUT2D eigenvalue weighted by Crippen LogP contribution is -2.32. The number of thioether (sulfide) groups is 1. The van der Waals surface area contributed by atoms with Gasteiger partial charge in [-0.1, -0.05) is 74.1 Å². The van der Waals surface area contributed by atoms with Crippen molar-refractivity contribution >= 4 is 58.0 Å². The van der Waals surface area contributed by atoms with Crippen LogP contribution in [-0.2, 0) is 9.59 Å². The molecule has 2 amide bonds. The molecule has 0 saturated carbocycles. The predicted molar refractivity (Wildman–Crippen MR) is 123 cm³/mol. The molecular weight excluding hydrogens is 429 g/mol. The number of halogens is 2. The maximum Gasteiger partial charge on any atom is 0.278 e. The lowest BCUT2D eigenvalue weighted by molar-refractivity contribution is -0.121. The zero-order chi connectivity index (χ0) is 21.4. The fraction of sp³-hybridized carbons (Fsp3) is 0.476. The molecule has 0 spiro atoms. The summed E-state index contributed by atoms with van der Waals surface area (Å²) in [4.78, 5) is 30.5. The molecule has 0 fully saturated rings. The molecule has 1 aromatic rings. The normalized spacial score (nSPS) is 16.3. The Morgan fingerprint density at radius 1 is 1.34 bits per heavy atom. The molecule has 158 valence electrons. The number of amides is 2. The first kappa shape index (κ1) is 23.8. The molecule has 0 bridgehead atoms. The number of hydrogen-bond acceptors (Lipinski definition) is 4. The highest BCUT2D eigenvalue weighted by Gasteiger charge is 2.28. The van der Waals surface area contributed by atoms with E-state index in [2.05, 4.69) is 24.2 Å². The molecule has 0 radical (unpaired) electrons. The van der Waals surface area contributed by atoms with E-state index in [9.17, 15) is 9.59 Å². The van der Waals surface area contributed by atoms with Crippen molar-refractivity contribution < 1.29 is 9.59 Å². The summed E-state index contributed by atoms with van der Waals surface area (Å²) in [5.74, 6) is 0.446. The Kier molecular flexibility index (Phi) is 9.53. The zero-order valence-electron chi connectivity index (χ0n) is 17.0. The second-order valence-electron chi connectivity index (χ2n) is 6.96. The lowest BCUT2D eigenvalue weighted by atomic mass is 9.99. The molecule has 0 saturated heterocycles. The minimum absolute atomic E-state index is 0.0494. The van der Waals surface area contributed by atoms with Crippen LogP contribution in [0, 0.1) is 5.92 Å². The second kappa shape index (κ2) is 11.6. The van der Waals surface area contributed by atoms with E-state index in [4.69, 9.17) is 23.2 Å². The average Bonchev–Trinajstić information content (AvgIpc) is 2.96. The van der Waals surface area contributed by atoms with Crippen LogP contribution in [0.1, 0.15) is 45.1 Å². The summed E-state index contributed by atoms with van der Waals surface area (Å²) in [6, 6.07) is 5.06. The van der Waals surface area contributed by atoms with Gasteiger partial charge in [0.05, 0.1) is 5.75 Å². The Hall–Kier alpha value is -1.50. The topological polar surface area (TPSA) is 61.8 Å². The molecule has 1 aromatic carbocycles. The second-order valence-corrected chi connectivity index (χ2v) is 8.75. The highest BCUT2D eigenvalue weighted by Crippen LogP contribution is 2.27. The fourth-order valence-electron chi connectivity index (χ4n) is 2.86. The van der Waals surface area contributed by atoms with E-state index in [1.54, 1.807) is 31.3 Å². The van der Waals surface area contributed by atoms with Gasteiger partial charge in [0.15, 0.2) is 5.17 Å². The summed E-state index contributed by atoms with van der Waals surface area (Å²) in [6.45, 7) is 5.01. The summed E-state index contributed by atoms with van der Waals surface area (Å²) in [7, 11) is 1.65. The Bertz CT molecular complexity index is 811. The predicted octanol–water partition coefficient (Wildman–Crippen LogP) is 5.23. The van der Waals surface area contributed by atoms with Crippen LogP contribution in [0.25, 0.3) is 6.08 Å². The van der Waals surface area contributed by atoms with Gasteiger partial charge < -0.3 is 5.32 Å². The van der Waals surface area contributed by atoms with Crippen LogP contribution in [0.5, 0.6) is 0 Å². The molecule has 1 N–H and O–H groups in total. The molecular formula is C21H27Cl2N3O2S. The van der Waals surface area contributed by atoms with Crippen LogP contribution in [-0.4, -0.2) is 41.2 Å². The molecule has 0 aliphatic carbocycles. The Morgan fingerprint density at radius 3 is 2.76 bits per heavy atom. The highest BCUT2D eigenvalue weighted by molar-refractivity contribution is 8.14. The summed E-state index contributed by atoms with van der Waals surface area (Å²) >= 11 is 13.3. The number of carbonyl (C=O) groups is 2. The third kappa shape index (κ3) is 7.05. The largest absolute Gasteiger partial charge is 0.355 e. The van der Waals surface area contributed by atoms with Gasteiger partial charge in [-0.15, -0.1) is 0 Å². The van der Waals surface area contributed by atoms with Crippen LogP contribution in [0.4, 0.5) is 0 Å². The quantitative estimate of drug-likeness (QED) is 0.518. The molecule has 1 aliphatic heterocycles. The van der Waals surface area contributed by atoms with Gasteiger partial charge in [0.1, 0.15) is 5.70 Å². The van der Waals surface area contributed by atoms with Crippen LogP contribution < -0.4 is 5.32 Å². The van der Waals surface area contributed by atoms with Gasteiger partial charge in [0.25, 0.3) is 5.91 Å². The van der Waals surface area contributed by atoms with Crippen molar-refractivity contribution in [2.45, 2.75) is 39.5 Å². The number of carbonyl (C=O) groups excluding carboxylic acids is 2. The Balaban J connectivity index is 1.94. The molecule has 1 atom stereocenters.